The summed E-state index contributed by atoms with van der Waals surface area (Å²) < 4.78 is 10.5. The molecule has 1 saturated carbocycles. The van der Waals surface area contributed by atoms with Gasteiger partial charge in [-0.05, 0) is 29.5 Å². The van der Waals surface area contributed by atoms with Crippen LogP contribution in [0.1, 0.15) is 18.4 Å². The maximum Gasteiger partial charge on any atom is 0.330 e. The molecule has 3 atom stereocenters. The average molecular weight is 317 g/mol. The standard InChI is InChI=1S/C16H19N3O4/c1-22-15(21)8-12-7-13(20)9-14(18-19-17)16(12)23-10-11-5-3-2-4-6-11/h2-6,8,13-14,16,20H,7,9-10H2,1H3/b12-8-/t13-,14+,16+/m0/s1. The zero-order chi connectivity index (χ0) is 16.7. The zero-order valence-corrected chi connectivity index (χ0v) is 12.8. The van der Waals surface area contributed by atoms with E-state index in [1.807, 2.05) is 30.3 Å². The van der Waals surface area contributed by atoms with Crippen LogP contribution >= 0.6 is 0 Å². The van der Waals surface area contributed by atoms with E-state index in [-0.39, 0.29) is 6.42 Å². The summed E-state index contributed by atoms with van der Waals surface area (Å²) in [5, 5.41) is 13.6. The molecule has 0 spiro atoms. The van der Waals surface area contributed by atoms with Crippen LogP contribution in [0.15, 0.2) is 47.1 Å². The van der Waals surface area contributed by atoms with E-state index in [4.69, 9.17) is 10.3 Å². The molecule has 0 unspecified atom stereocenters. The first kappa shape index (κ1) is 17.0. The fraction of sp³-hybridized carbons (Fsp3) is 0.438. The summed E-state index contributed by atoms with van der Waals surface area (Å²) in [6.45, 7) is 0.317. The first-order valence-corrected chi connectivity index (χ1v) is 7.30. The van der Waals surface area contributed by atoms with Gasteiger partial charge in [0.15, 0.2) is 0 Å². The molecule has 7 heteroatoms. The van der Waals surface area contributed by atoms with E-state index in [1.54, 1.807) is 0 Å². The number of rotatable bonds is 5. The molecule has 122 valence electrons. The van der Waals surface area contributed by atoms with Crippen molar-refractivity contribution in [2.75, 3.05) is 7.11 Å². The first-order chi connectivity index (χ1) is 11.1. The van der Waals surface area contributed by atoms with Crippen LogP contribution in [0.3, 0.4) is 0 Å². The predicted molar refractivity (Wildman–Crippen MR) is 83.3 cm³/mol. The van der Waals surface area contributed by atoms with Crippen LogP contribution in [-0.2, 0) is 20.9 Å². The third-order valence-electron chi connectivity index (χ3n) is 3.68. The molecule has 7 nitrogen and oxygen atoms in total. The van der Waals surface area contributed by atoms with E-state index in [9.17, 15) is 9.90 Å². The topological polar surface area (TPSA) is 105 Å². The smallest absolute Gasteiger partial charge is 0.330 e. The Morgan fingerprint density at radius 2 is 2.22 bits per heavy atom. The fourth-order valence-electron chi connectivity index (χ4n) is 2.62. The summed E-state index contributed by atoms with van der Waals surface area (Å²) in [6, 6.07) is 8.99. The Kier molecular flexibility index (Phi) is 6.17. The molecule has 1 aromatic rings. The van der Waals surface area contributed by atoms with Crippen LogP contribution in [0.4, 0.5) is 0 Å². The highest BCUT2D eigenvalue weighted by atomic mass is 16.5. The third-order valence-corrected chi connectivity index (χ3v) is 3.68. The van der Waals surface area contributed by atoms with E-state index < -0.39 is 24.2 Å². The molecule has 23 heavy (non-hydrogen) atoms. The lowest BCUT2D eigenvalue weighted by atomic mass is 9.85. The van der Waals surface area contributed by atoms with Gasteiger partial charge < -0.3 is 14.6 Å². The molecule has 1 aromatic carbocycles. The Balaban J connectivity index is 2.20. The number of hydrogen-bond acceptors (Lipinski definition) is 5. The molecule has 1 aliphatic carbocycles. The van der Waals surface area contributed by atoms with Crippen molar-refractivity contribution in [1.29, 1.82) is 0 Å². The maximum absolute atomic E-state index is 11.5. The summed E-state index contributed by atoms with van der Waals surface area (Å²) in [5.74, 6) is -0.526. The van der Waals surface area contributed by atoms with Gasteiger partial charge in [0.25, 0.3) is 0 Å². The number of nitrogens with zero attached hydrogens (tertiary/aromatic N) is 3. The summed E-state index contributed by atoms with van der Waals surface area (Å²) in [6.07, 6.45) is 0.637. The highest BCUT2D eigenvalue weighted by Gasteiger charge is 2.34. The number of methoxy groups -OCH3 is 1. The lowest BCUT2D eigenvalue weighted by Gasteiger charge is -2.33. The molecule has 1 fully saturated rings. The molecule has 2 rings (SSSR count). The van der Waals surface area contributed by atoms with Gasteiger partial charge in [-0.15, -0.1) is 0 Å². The van der Waals surface area contributed by atoms with Gasteiger partial charge in [0.1, 0.15) is 0 Å². The van der Waals surface area contributed by atoms with Crippen molar-refractivity contribution in [3.63, 3.8) is 0 Å². The number of benzene rings is 1. The fourth-order valence-corrected chi connectivity index (χ4v) is 2.62. The quantitative estimate of drug-likeness (QED) is 0.296. The van der Waals surface area contributed by atoms with E-state index in [0.717, 1.165) is 5.56 Å². The predicted octanol–water partition coefficient (Wildman–Crippen LogP) is 2.50. The van der Waals surface area contributed by atoms with Crippen LogP contribution in [0.2, 0.25) is 0 Å². The number of carbonyl (C=O) groups excluding carboxylic acids is 1. The van der Waals surface area contributed by atoms with E-state index >= 15 is 0 Å². The highest BCUT2D eigenvalue weighted by Crippen LogP contribution is 2.30. The molecule has 0 amide bonds. The molecule has 1 N–H and O–H groups in total. The van der Waals surface area contributed by atoms with Gasteiger partial charge in [0, 0.05) is 11.0 Å². The summed E-state index contributed by atoms with van der Waals surface area (Å²) in [7, 11) is 1.28. The number of carbonyl (C=O) groups is 1. The normalized spacial score (nSPS) is 25.7. The Bertz CT molecular complexity index is 611. The van der Waals surface area contributed by atoms with Crippen LogP contribution in [0.5, 0.6) is 0 Å². The number of aliphatic hydroxyl groups excluding tert-OH is 1. The van der Waals surface area contributed by atoms with Crippen molar-refractivity contribution in [3.8, 4) is 0 Å². The van der Waals surface area contributed by atoms with Crippen LogP contribution in [0.25, 0.3) is 10.4 Å². The number of aliphatic hydroxyl groups is 1. The summed E-state index contributed by atoms with van der Waals surface area (Å²) >= 11 is 0. The zero-order valence-electron chi connectivity index (χ0n) is 12.8. The van der Waals surface area contributed by atoms with Crippen molar-refractivity contribution >= 4 is 5.97 Å². The van der Waals surface area contributed by atoms with Crippen LogP contribution in [-0.4, -0.2) is 36.4 Å². The van der Waals surface area contributed by atoms with Crippen LogP contribution < -0.4 is 0 Å². The second-order valence-corrected chi connectivity index (χ2v) is 5.33. The molecule has 0 bridgehead atoms. The Labute approximate surface area is 134 Å². The summed E-state index contributed by atoms with van der Waals surface area (Å²) in [5.41, 5.74) is 10.3. The van der Waals surface area contributed by atoms with E-state index in [2.05, 4.69) is 14.8 Å². The minimum atomic E-state index is -0.682. The van der Waals surface area contributed by atoms with Crippen molar-refractivity contribution in [2.45, 2.75) is 37.7 Å². The molecule has 1 aliphatic rings. The Morgan fingerprint density at radius 1 is 1.48 bits per heavy atom. The molecule has 0 radical (unpaired) electrons. The SMILES string of the molecule is COC(=O)/C=C1/C[C@H](O)C[C@@H](N=[N+]=[N-])[C@@H]1OCc1ccccc1. The Morgan fingerprint density at radius 3 is 2.87 bits per heavy atom. The van der Waals surface area contributed by atoms with Crippen molar-refractivity contribution in [3.05, 3.63) is 58.0 Å². The van der Waals surface area contributed by atoms with Crippen molar-refractivity contribution in [2.24, 2.45) is 5.11 Å². The lowest BCUT2D eigenvalue weighted by molar-refractivity contribution is -0.135. The highest BCUT2D eigenvalue weighted by molar-refractivity contribution is 5.82. The molecule has 0 aliphatic heterocycles. The number of azide groups is 1. The lowest BCUT2D eigenvalue weighted by Crippen LogP contribution is -2.39. The van der Waals surface area contributed by atoms with Gasteiger partial charge in [-0.1, -0.05) is 35.4 Å². The summed E-state index contributed by atoms with van der Waals surface area (Å²) in [4.78, 5) is 14.4. The second-order valence-electron chi connectivity index (χ2n) is 5.33. The van der Waals surface area contributed by atoms with E-state index in [0.29, 0.717) is 18.6 Å². The average Bonchev–Trinajstić information content (AvgIpc) is 2.55. The third kappa shape index (κ3) is 4.82. The van der Waals surface area contributed by atoms with Gasteiger partial charge in [-0.25, -0.2) is 4.79 Å². The van der Waals surface area contributed by atoms with Gasteiger partial charge in [-0.2, -0.15) is 0 Å². The second kappa shape index (κ2) is 8.33. The van der Waals surface area contributed by atoms with Crippen molar-refractivity contribution < 1.29 is 19.4 Å². The van der Waals surface area contributed by atoms with E-state index in [1.165, 1.54) is 13.2 Å². The molecule has 0 saturated heterocycles. The maximum atomic E-state index is 11.5. The van der Waals surface area contributed by atoms with Gasteiger partial charge in [0.05, 0.1) is 32.0 Å². The molecular weight excluding hydrogens is 298 g/mol. The number of ether oxygens (including phenoxy) is 2. The Hall–Kier alpha value is -2.34. The number of esters is 1. The first-order valence-electron chi connectivity index (χ1n) is 7.30. The minimum absolute atomic E-state index is 0.284. The number of hydrogen-bond donors (Lipinski definition) is 1. The van der Waals surface area contributed by atoms with Gasteiger partial charge in [0.2, 0.25) is 0 Å². The minimum Gasteiger partial charge on any atom is -0.466 e. The van der Waals surface area contributed by atoms with Crippen LogP contribution in [0, 0.1) is 0 Å². The largest absolute Gasteiger partial charge is 0.466 e. The van der Waals surface area contributed by atoms with Gasteiger partial charge >= 0.3 is 5.97 Å². The molecule has 0 heterocycles. The molecular formula is C16H19N3O4. The monoisotopic (exact) mass is 317 g/mol. The molecule has 0 aromatic heterocycles. The van der Waals surface area contributed by atoms with Gasteiger partial charge in [-0.3, -0.25) is 0 Å². The van der Waals surface area contributed by atoms with Crippen molar-refractivity contribution in [1.82, 2.24) is 0 Å².